The van der Waals surface area contributed by atoms with E-state index in [1.165, 1.54) is 0 Å². The Kier molecular flexibility index (Phi) is 17.3. The van der Waals surface area contributed by atoms with Crippen molar-refractivity contribution in [2.45, 2.75) is 78.0 Å². The monoisotopic (exact) mass is 459 g/mol. The first-order chi connectivity index (χ1) is 14.7. The van der Waals surface area contributed by atoms with E-state index in [4.69, 9.17) is 0 Å². The van der Waals surface area contributed by atoms with Crippen molar-refractivity contribution in [3.63, 3.8) is 0 Å². The zero-order valence-electron chi connectivity index (χ0n) is 20.8. The van der Waals surface area contributed by atoms with E-state index in [9.17, 15) is 15.0 Å². The number of carbonyl (C=O) groups is 1. The van der Waals surface area contributed by atoms with Crippen LogP contribution >= 0.6 is 11.8 Å². The van der Waals surface area contributed by atoms with Crippen LogP contribution in [-0.2, 0) is 4.79 Å². The maximum atomic E-state index is 12.0. The standard InChI is InChI=1S/C24H49N3O3S/c1-7-24(6,8-2)31-19-14-26-23(30)10-9-12-25-13-11-22(21(5)20(3)4)27(15-17-28)16-18-29/h11,13,20-22,25,28-29H,7-10,12,14-19H2,1-6H3,(H,26,30)/t21-,22?/m1/s1. The topological polar surface area (TPSA) is 84.8 Å². The molecule has 0 aromatic rings. The highest BCUT2D eigenvalue weighted by Crippen LogP contribution is 2.31. The number of hydrogen-bond acceptors (Lipinski definition) is 6. The van der Waals surface area contributed by atoms with Gasteiger partial charge in [0.2, 0.25) is 5.91 Å². The largest absolute Gasteiger partial charge is 0.395 e. The van der Waals surface area contributed by atoms with Gasteiger partial charge in [-0.25, -0.2) is 0 Å². The molecule has 0 spiro atoms. The van der Waals surface area contributed by atoms with Crippen molar-refractivity contribution >= 4 is 17.7 Å². The van der Waals surface area contributed by atoms with Gasteiger partial charge in [-0.15, -0.1) is 0 Å². The molecule has 0 aromatic carbocycles. The maximum absolute atomic E-state index is 12.0. The van der Waals surface area contributed by atoms with Crippen LogP contribution in [0.15, 0.2) is 12.3 Å². The van der Waals surface area contributed by atoms with Crippen molar-refractivity contribution in [3.05, 3.63) is 12.3 Å². The van der Waals surface area contributed by atoms with E-state index in [0.717, 1.165) is 38.1 Å². The number of carbonyl (C=O) groups excluding carboxylic acids is 1. The summed E-state index contributed by atoms with van der Waals surface area (Å²) in [5.74, 6) is 1.95. The number of amides is 1. The van der Waals surface area contributed by atoms with Gasteiger partial charge >= 0.3 is 0 Å². The number of nitrogens with zero attached hydrogens (tertiary/aromatic N) is 1. The first-order valence-corrected chi connectivity index (χ1v) is 13.0. The third kappa shape index (κ3) is 13.4. The Labute approximate surface area is 195 Å². The summed E-state index contributed by atoms with van der Waals surface area (Å²) in [5, 5.41) is 25.0. The van der Waals surface area contributed by atoms with Gasteiger partial charge in [-0.05, 0) is 37.3 Å². The van der Waals surface area contributed by atoms with Crippen LogP contribution in [0.5, 0.6) is 0 Å². The fourth-order valence-electron chi connectivity index (χ4n) is 3.32. The Morgan fingerprint density at radius 2 is 1.71 bits per heavy atom. The van der Waals surface area contributed by atoms with Crippen LogP contribution in [0.25, 0.3) is 0 Å². The molecule has 1 unspecified atom stereocenters. The molecule has 0 rings (SSSR count). The summed E-state index contributed by atoms with van der Waals surface area (Å²) < 4.78 is 0.315. The molecule has 0 aromatic heterocycles. The highest BCUT2D eigenvalue weighted by molar-refractivity contribution is 8.00. The number of thioether (sulfide) groups is 1. The number of nitrogens with one attached hydrogen (secondary N) is 2. The summed E-state index contributed by atoms with van der Waals surface area (Å²) in [7, 11) is 0. The van der Waals surface area contributed by atoms with Crippen molar-refractivity contribution in [1.29, 1.82) is 0 Å². The third-order valence-corrected chi connectivity index (χ3v) is 7.98. The van der Waals surface area contributed by atoms with Gasteiger partial charge in [0.25, 0.3) is 0 Å². The molecule has 0 fully saturated rings. The van der Waals surface area contributed by atoms with Gasteiger partial charge in [0.15, 0.2) is 0 Å². The second-order valence-electron chi connectivity index (χ2n) is 8.85. The highest BCUT2D eigenvalue weighted by Gasteiger charge is 2.24. The van der Waals surface area contributed by atoms with Crippen molar-refractivity contribution in [2.24, 2.45) is 11.8 Å². The van der Waals surface area contributed by atoms with Crippen LogP contribution in [0.1, 0.15) is 67.2 Å². The number of rotatable bonds is 19. The van der Waals surface area contributed by atoms with E-state index in [1.807, 2.05) is 18.0 Å². The molecule has 0 radical (unpaired) electrons. The predicted molar refractivity (Wildman–Crippen MR) is 134 cm³/mol. The van der Waals surface area contributed by atoms with E-state index < -0.39 is 0 Å². The van der Waals surface area contributed by atoms with Gasteiger partial charge in [0.05, 0.1) is 13.2 Å². The summed E-state index contributed by atoms with van der Waals surface area (Å²) in [6, 6.07) is 0.143. The van der Waals surface area contributed by atoms with Crippen LogP contribution in [0, 0.1) is 11.8 Å². The Hall–Kier alpha value is -0.760. The van der Waals surface area contributed by atoms with E-state index in [2.05, 4.69) is 63.2 Å². The molecule has 0 aliphatic heterocycles. The highest BCUT2D eigenvalue weighted by atomic mass is 32.2. The molecule has 0 bridgehead atoms. The number of aliphatic hydroxyl groups is 2. The molecule has 31 heavy (non-hydrogen) atoms. The van der Waals surface area contributed by atoms with Crippen LogP contribution in [0.4, 0.5) is 0 Å². The Balaban J connectivity index is 4.29. The molecular formula is C24H49N3O3S. The lowest BCUT2D eigenvalue weighted by Crippen LogP contribution is -2.43. The van der Waals surface area contributed by atoms with Crippen molar-refractivity contribution in [2.75, 3.05) is 45.1 Å². The molecule has 0 saturated carbocycles. The Morgan fingerprint density at radius 3 is 2.23 bits per heavy atom. The van der Waals surface area contributed by atoms with Gasteiger partial charge in [-0.1, -0.05) is 47.6 Å². The molecule has 0 aliphatic rings. The minimum Gasteiger partial charge on any atom is -0.395 e. The summed E-state index contributed by atoms with van der Waals surface area (Å²) in [6.07, 6.45) is 7.68. The van der Waals surface area contributed by atoms with Crippen molar-refractivity contribution in [3.8, 4) is 0 Å². The molecular weight excluding hydrogens is 410 g/mol. The van der Waals surface area contributed by atoms with Crippen molar-refractivity contribution < 1.29 is 15.0 Å². The summed E-state index contributed by atoms with van der Waals surface area (Å²) in [4.78, 5) is 14.1. The molecule has 6 nitrogen and oxygen atoms in total. The lowest BCUT2D eigenvalue weighted by atomic mass is 9.89. The molecule has 2 atom stereocenters. The average Bonchev–Trinajstić information content (AvgIpc) is 2.75. The Bertz CT molecular complexity index is 479. The quantitative estimate of drug-likeness (QED) is 0.222. The average molecular weight is 460 g/mol. The number of aliphatic hydroxyl groups excluding tert-OH is 2. The van der Waals surface area contributed by atoms with Crippen LogP contribution in [0.3, 0.4) is 0 Å². The van der Waals surface area contributed by atoms with Crippen LogP contribution < -0.4 is 10.6 Å². The first kappa shape index (κ1) is 30.2. The minimum atomic E-state index is 0.0757. The molecule has 1 amide bonds. The predicted octanol–water partition coefficient (Wildman–Crippen LogP) is 3.25. The molecule has 4 N–H and O–H groups in total. The van der Waals surface area contributed by atoms with Gasteiger partial charge in [0, 0.05) is 49.1 Å². The molecule has 7 heteroatoms. The van der Waals surface area contributed by atoms with Crippen molar-refractivity contribution in [1.82, 2.24) is 15.5 Å². The van der Waals surface area contributed by atoms with Gasteiger partial charge < -0.3 is 20.8 Å². The summed E-state index contributed by atoms with van der Waals surface area (Å²) >= 11 is 1.95. The van der Waals surface area contributed by atoms with E-state index in [1.54, 1.807) is 0 Å². The summed E-state index contributed by atoms with van der Waals surface area (Å²) in [5.41, 5.74) is 0. The van der Waals surface area contributed by atoms with Gasteiger partial charge in [0.1, 0.15) is 0 Å². The number of hydrogen-bond donors (Lipinski definition) is 4. The molecule has 184 valence electrons. The SMILES string of the molecule is CCC(C)(CC)SCCNC(=O)CCCNC=CC([C@H](C)C(C)C)N(CCO)CCO. The maximum Gasteiger partial charge on any atom is 0.220 e. The second-order valence-corrected chi connectivity index (χ2v) is 10.5. The lowest BCUT2D eigenvalue weighted by Gasteiger charge is -2.35. The van der Waals surface area contributed by atoms with Gasteiger partial charge in [-0.2, -0.15) is 11.8 Å². The van der Waals surface area contributed by atoms with Gasteiger partial charge in [-0.3, -0.25) is 9.69 Å². The van der Waals surface area contributed by atoms with Crippen LogP contribution in [0.2, 0.25) is 0 Å². The second kappa shape index (κ2) is 17.8. The molecule has 0 saturated heterocycles. The molecule has 0 aliphatic carbocycles. The smallest absolute Gasteiger partial charge is 0.220 e. The third-order valence-electron chi connectivity index (χ3n) is 6.29. The fourth-order valence-corrected chi connectivity index (χ4v) is 4.43. The zero-order valence-corrected chi connectivity index (χ0v) is 21.6. The van der Waals surface area contributed by atoms with Crippen LogP contribution in [-0.4, -0.2) is 77.0 Å². The van der Waals surface area contributed by atoms with E-state index >= 15 is 0 Å². The van der Waals surface area contributed by atoms with E-state index in [0.29, 0.717) is 36.1 Å². The summed E-state index contributed by atoms with van der Waals surface area (Å²) in [6.45, 7) is 16.0. The first-order valence-electron chi connectivity index (χ1n) is 12.0. The lowest BCUT2D eigenvalue weighted by molar-refractivity contribution is -0.121. The van der Waals surface area contributed by atoms with E-state index in [-0.39, 0.29) is 25.2 Å². The fraction of sp³-hybridized carbons (Fsp3) is 0.875. The zero-order chi connectivity index (χ0) is 23.7. The minimum absolute atomic E-state index is 0.0757. The Morgan fingerprint density at radius 1 is 1.10 bits per heavy atom. The molecule has 0 heterocycles. The normalized spacial score (nSPS) is 14.4.